The lowest BCUT2D eigenvalue weighted by Crippen LogP contribution is -2.39. The van der Waals surface area contributed by atoms with E-state index in [0.29, 0.717) is 17.9 Å². The van der Waals surface area contributed by atoms with Crippen LogP contribution in [-0.2, 0) is 6.54 Å². The predicted molar refractivity (Wildman–Crippen MR) is 93.5 cm³/mol. The van der Waals surface area contributed by atoms with Crippen LogP contribution in [0.25, 0.3) is 5.78 Å². The van der Waals surface area contributed by atoms with Crippen LogP contribution >= 0.6 is 0 Å². The van der Waals surface area contributed by atoms with Gasteiger partial charge in [-0.1, -0.05) is 0 Å². The molecule has 1 N–H and O–H groups in total. The molecule has 3 aromatic rings. The number of nitrogens with zero attached hydrogens (tertiary/aromatic N) is 6. The zero-order chi connectivity index (χ0) is 17.1. The summed E-state index contributed by atoms with van der Waals surface area (Å²) in [7, 11) is 1.61. The van der Waals surface area contributed by atoms with E-state index in [1.54, 1.807) is 25.6 Å². The Balaban J connectivity index is 1.31. The summed E-state index contributed by atoms with van der Waals surface area (Å²) in [4.78, 5) is 19.8. The molecule has 1 fully saturated rings. The van der Waals surface area contributed by atoms with Gasteiger partial charge in [0.1, 0.15) is 0 Å². The van der Waals surface area contributed by atoms with Crippen LogP contribution in [0.3, 0.4) is 0 Å². The maximum Gasteiger partial charge on any atom is 0.233 e. The van der Waals surface area contributed by atoms with Crippen molar-refractivity contribution in [2.75, 3.05) is 25.5 Å². The van der Waals surface area contributed by atoms with Crippen molar-refractivity contribution in [2.45, 2.75) is 25.4 Å². The van der Waals surface area contributed by atoms with Gasteiger partial charge in [-0.05, 0) is 18.9 Å². The fraction of sp³-hybridized carbons (Fsp3) is 0.412. The first-order valence-corrected chi connectivity index (χ1v) is 8.45. The second kappa shape index (κ2) is 7.02. The van der Waals surface area contributed by atoms with E-state index in [9.17, 15) is 0 Å². The Morgan fingerprint density at radius 2 is 2.08 bits per heavy atom. The van der Waals surface area contributed by atoms with E-state index in [1.807, 2.05) is 16.7 Å². The van der Waals surface area contributed by atoms with Gasteiger partial charge in [-0.15, -0.1) is 0 Å². The van der Waals surface area contributed by atoms with Gasteiger partial charge in [0.05, 0.1) is 12.8 Å². The number of piperidine rings is 1. The summed E-state index contributed by atoms with van der Waals surface area (Å²) in [6.45, 7) is 2.89. The quantitative estimate of drug-likeness (QED) is 0.756. The summed E-state index contributed by atoms with van der Waals surface area (Å²) in [5.74, 6) is 1.96. The number of anilines is 1. The lowest BCUT2D eigenvalue weighted by atomic mass is 10.1. The Bertz CT molecular complexity index is 809. The van der Waals surface area contributed by atoms with Crippen molar-refractivity contribution < 1.29 is 4.74 Å². The smallest absolute Gasteiger partial charge is 0.233 e. The summed E-state index contributed by atoms with van der Waals surface area (Å²) >= 11 is 0. The van der Waals surface area contributed by atoms with Crippen molar-refractivity contribution >= 4 is 11.7 Å². The van der Waals surface area contributed by atoms with Gasteiger partial charge in [-0.2, -0.15) is 4.98 Å². The van der Waals surface area contributed by atoms with Crippen LogP contribution in [0.1, 0.15) is 18.5 Å². The normalized spacial score (nSPS) is 16.2. The largest absolute Gasteiger partial charge is 0.481 e. The number of rotatable bonds is 5. The predicted octanol–water partition coefficient (Wildman–Crippen LogP) is 1.60. The van der Waals surface area contributed by atoms with Gasteiger partial charge in [0, 0.05) is 56.5 Å². The monoisotopic (exact) mass is 339 g/mol. The molecule has 3 aromatic heterocycles. The molecule has 0 aliphatic carbocycles. The third kappa shape index (κ3) is 3.69. The van der Waals surface area contributed by atoms with Gasteiger partial charge < -0.3 is 10.1 Å². The van der Waals surface area contributed by atoms with Crippen LogP contribution < -0.4 is 10.1 Å². The van der Waals surface area contributed by atoms with Crippen LogP contribution in [-0.4, -0.2) is 55.5 Å². The number of hydrogen-bond donors (Lipinski definition) is 1. The number of nitrogens with one attached hydrogen (secondary N) is 1. The standard InChI is InChI=1S/C17H21N7O/c1-25-15-3-7-18-16(22-15)20-13-4-9-23(10-5-13)11-14-12-24-8-2-6-19-17(24)21-14/h2-3,6-8,12-13H,4-5,9-11H2,1H3,(H,18,20,22). The van der Waals surface area contributed by atoms with Crippen LogP contribution in [0, 0.1) is 0 Å². The zero-order valence-electron chi connectivity index (χ0n) is 14.2. The van der Waals surface area contributed by atoms with Crippen molar-refractivity contribution in [1.29, 1.82) is 0 Å². The van der Waals surface area contributed by atoms with Crippen LogP contribution in [0.5, 0.6) is 5.88 Å². The minimum Gasteiger partial charge on any atom is -0.481 e. The van der Waals surface area contributed by atoms with Gasteiger partial charge in [-0.3, -0.25) is 9.30 Å². The molecule has 0 aromatic carbocycles. The molecule has 1 aliphatic rings. The molecule has 0 spiro atoms. The molecule has 130 valence electrons. The summed E-state index contributed by atoms with van der Waals surface area (Å²) in [6.07, 6.45) is 9.60. The number of fused-ring (bicyclic) bond motifs is 1. The number of likely N-dealkylation sites (tertiary alicyclic amines) is 1. The lowest BCUT2D eigenvalue weighted by molar-refractivity contribution is 0.209. The van der Waals surface area contributed by atoms with Gasteiger partial charge >= 0.3 is 0 Å². The van der Waals surface area contributed by atoms with E-state index >= 15 is 0 Å². The molecule has 1 saturated heterocycles. The number of hydrogen-bond acceptors (Lipinski definition) is 7. The van der Waals surface area contributed by atoms with Gasteiger partial charge in [0.2, 0.25) is 17.6 Å². The highest BCUT2D eigenvalue weighted by Crippen LogP contribution is 2.17. The van der Waals surface area contributed by atoms with Gasteiger partial charge in [0.25, 0.3) is 0 Å². The number of ether oxygens (including phenoxy) is 1. The highest BCUT2D eigenvalue weighted by atomic mass is 16.5. The Kier molecular flexibility index (Phi) is 4.43. The SMILES string of the molecule is COc1ccnc(NC2CCN(Cc3cn4cccnc4n3)CC2)n1. The second-order valence-corrected chi connectivity index (χ2v) is 6.18. The van der Waals surface area contributed by atoms with E-state index in [4.69, 9.17) is 4.74 Å². The lowest BCUT2D eigenvalue weighted by Gasteiger charge is -2.31. The molecule has 0 bridgehead atoms. The molecule has 0 unspecified atom stereocenters. The van der Waals surface area contributed by atoms with E-state index in [0.717, 1.165) is 43.9 Å². The molecular weight excluding hydrogens is 318 g/mol. The number of aromatic nitrogens is 5. The number of methoxy groups -OCH3 is 1. The Hall–Kier alpha value is -2.74. The Labute approximate surface area is 145 Å². The van der Waals surface area contributed by atoms with E-state index < -0.39 is 0 Å². The number of imidazole rings is 1. The summed E-state index contributed by atoms with van der Waals surface area (Å²) in [6, 6.07) is 4.04. The van der Waals surface area contributed by atoms with Crippen LogP contribution in [0.4, 0.5) is 5.95 Å². The van der Waals surface area contributed by atoms with Crippen molar-refractivity contribution in [1.82, 2.24) is 29.2 Å². The molecule has 0 atom stereocenters. The van der Waals surface area contributed by atoms with E-state index in [-0.39, 0.29) is 0 Å². The minimum absolute atomic E-state index is 0.381. The van der Waals surface area contributed by atoms with Crippen molar-refractivity contribution in [3.63, 3.8) is 0 Å². The second-order valence-electron chi connectivity index (χ2n) is 6.18. The van der Waals surface area contributed by atoms with E-state index in [2.05, 4.69) is 36.3 Å². The summed E-state index contributed by atoms with van der Waals surface area (Å²) < 4.78 is 7.10. The van der Waals surface area contributed by atoms with E-state index in [1.165, 1.54) is 0 Å². The molecule has 8 nitrogen and oxygen atoms in total. The Morgan fingerprint density at radius 3 is 2.88 bits per heavy atom. The molecule has 0 radical (unpaired) electrons. The molecular formula is C17H21N7O. The Morgan fingerprint density at radius 1 is 1.20 bits per heavy atom. The third-order valence-electron chi connectivity index (χ3n) is 4.43. The average molecular weight is 339 g/mol. The molecule has 0 saturated carbocycles. The summed E-state index contributed by atoms with van der Waals surface area (Å²) in [5.41, 5.74) is 1.06. The first-order chi connectivity index (χ1) is 12.3. The maximum absolute atomic E-state index is 5.14. The topological polar surface area (TPSA) is 80.5 Å². The van der Waals surface area contributed by atoms with Crippen LogP contribution in [0.2, 0.25) is 0 Å². The van der Waals surface area contributed by atoms with Crippen molar-refractivity contribution in [3.8, 4) is 5.88 Å². The minimum atomic E-state index is 0.381. The van der Waals surface area contributed by atoms with Crippen LogP contribution in [0.15, 0.2) is 36.9 Å². The third-order valence-corrected chi connectivity index (χ3v) is 4.43. The highest BCUT2D eigenvalue weighted by Gasteiger charge is 2.20. The molecule has 4 heterocycles. The maximum atomic E-state index is 5.14. The molecule has 25 heavy (non-hydrogen) atoms. The fourth-order valence-corrected chi connectivity index (χ4v) is 3.13. The molecule has 8 heteroatoms. The molecule has 1 aliphatic heterocycles. The first-order valence-electron chi connectivity index (χ1n) is 8.45. The van der Waals surface area contributed by atoms with Gasteiger partial charge in [-0.25, -0.2) is 15.0 Å². The molecule has 4 rings (SSSR count). The van der Waals surface area contributed by atoms with Crippen molar-refractivity contribution in [3.05, 3.63) is 42.6 Å². The molecule has 0 amide bonds. The summed E-state index contributed by atoms with van der Waals surface area (Å²) in [5, 5.41) is 3.40. The van der Waals surface area contributed by atoms with Gasteiger partial charge in [0.15, 0.2) is 0 Å². The average Bonchev–Trinajstić information content (AvgIpc) is 3.06. The first kappa shape index (κ1) is 15.8. The highest BCUT2D eigenvalue weighted by molar-refractivity contribution is 5.30. The zero-order valence-corrected chi connectivity index (χ0v) is 14.2. The van der Waals surface area contributed by atoms with Crippen molar-refractivity contribution in [2.24, 2.45) is 0 Å². The fourth-order valence-electron chi connectivity index (χ4n) is 3.13.